The van der Waals surface area contributed by atoms with Crippen LogP contribution < -0.4 is 5.32 Å². The van der Waals surface area contributed by atoms with E-state index in [9.17, 15) is 0 Å². The van der Waals surface area contributed by atoms with Crippen LogP contribution in [-0.2, 0) is 17.8 Å². The number of halogens is 1. The van der Waals surface area contributed by atoms with E-state index in [-0.39, 0.29) is 6.10 Å². The van der Waals surface area contributed by atoms with Crippen molar-refractivity contribution in [2.75, 3.05) is 11.9 Å². The molecule has 1 aliphatic rings. The number of ether oxygens (including phenoxy) is 1. The Labute approximate surface area is 141 Å². The van der Waals surface area contributed by atoms with Crippen molar-refractivity contribution in [3.05, 3.63) is 58.1 Å². The molecule has 112 valence electrons. The molecule has 1 atom stereocenters. The molecule has 0 saturated heterocycles. The van der Waals surface area contributed by atoms with Crippen LogP contribution in [0, 0.1) is 0 Å². The number of thiazole rings is 1. The minimum atomic E-state index is 0.202. The van der Waals surface area contributed by atoms with Crippen molar-refractivity contribution in [2.45, 2.75) is 19.1 Å². The second-order valence-corrected chi connectivity index (χ2v) is 7.36. The number of hydrogen-bond acceptors (Lipinski definition) is 4. The number of benzene rings is 2. The zero-order valence-electron chi connectivity index (χ0n) is 11.9. The van der Waals surface area contributed by atoms with Crippen molar-refractivity contribution in [1.29, 1.82) is 0 Å². The summed E-state index contributed by atoms with van der Waals surface area (Å²) in [5.41, 5.74) is 3.74. The number of fused-ring (bicyclic) bond motifs is 2. The molecule has 0 radical (unpaired) electrons. The van der Waals surface area contributed by atoms with Crippen LogP contribution in [0.3, 0.4) is 0 Å². The van der Waals surface area contributed by atoms with E-state index >= 15 is 0 Å². The highest BCUT2D eigenvalue weighted by atomic mass is 79.9. The Balaban J connectivity index is 1.44. The van der Waals surface area contributed by atoms with Crippen LogP contribution in [-0.4, -0.2) is 17.6 Å². The Kier molecular flexibility index (Phi) is 3.86. The van der Waals surface area contributed by atoms with Crippen LogP contribution >= 0.6 is 27.3 Å². The third-order valence-electron chi connectivity index (χ3n) is 3.87. The molecule has 1 unspecified atom stereocenters. The molecule has 22 heavy (non-hydrogen) atoms. The summed E-state index contributed by atoms with van der Waals surface area (Å²) in [6, 6.07) is 14.7. The van der Waals surface area contributed by atoms with Gasteiger partial charge in [-0.2, -0.15) is 0 Å². The summed E-state index contributed by atoms with van der Waals surface area (Å²) in [6.07, 6.45) is 1.16. The van der Waals surface area contributed by atoms with Gasteiger partial charge in [0.2, 0.25) is 0 Å². The van der Waals surface area contributed by atoms with Crippen molar-refractivity contribution >= 4 is 42.6 Å². The van der Waals surface area contributed by atoms with E-state index in [0.717, 1.165) is 28.1 Å². The fraction of sp³-hybridized carbons (Fsp3) is 0.235. The lowest BCUT2D eigenvalue weighted by molar-refractivity contribution is 0.0371. The van der Waals surface area contributed by atoms with E-state index in [1.807, 2.05) is 12.1 Å². The molecule has 3 aromatic rings. The fourth-order valence-corrected chi connectivity index (χ4v) is 4.14. The molecule has 1 N–H and O–H groups in total. The van der Waals surface area contributed by atoms with E-state index in [4.69, 9.17) is 4.74 Å². The molecular formula is C17H15BrN2OS. The van der Waals surface area contributed by atoms with Gasteiger partial charge >= 0.3 is 0 Å². The van der Waals surface area contributed by atoms with Gasteiger partial charge in [-0.15, -0.1) is 0 Å². The van der Waals surface area contributed by atoms with Crippen LogP contribution in [0.2, 0.25) is 0 Å². The molecule has 0 amide bonds. The lowest BCUT2D eigenvalue weighted by Crippen LogP contribution is -2.29. The lowest BCUT2D eigenvalue weighted by atomic mass is 9.99. The van der Waals surface area contributed by atoms with Crippen LogP contribution in [0.15, 0.2) is 46.9 Å². The third-order valence-corrected chi connectivity index (χ3v) is 5.34. The SMILES string of the molecule is Brc1ccc2nc(NCC3Cc4ccccc4CO3)sc2c1. The predicted octanol–water partition coefficient (Wildman–Crippen LogP) is 4.61. The van der Waals surface area contributed by atoms with Gasteiger partial charge in [-0.05, 0) is 29.3 Å². The highest BCUT2D eigenvalue weighted by Crippen LogP contribution is 2.29. The zero-order valence-corrected chi connectivity index (χ0v) is 14.3. The molecular weight excluding hydrogens is 360 g/mol. The second kappa shape index (κ2) is 5.99. The lowest BCUT2D eigenvalue weighted by Gasteiger charge is -2.25. The first kappa shape index (κ1) is 14.2. The maximum absolute atomic E-state index is 5.93. The Bertz CT molecular complexity index is 817. The van der Waals surface area contributed by atoms with Gasteiger partial charge in [0, 0.05) is 17.4 Å². The van der Waals surface area contributed by atoms with Crippen LogP contribution in [0.4, 0.5) is 5.13 Å². The monoisotopic (exact) mass is 374 g/mol. The molecule has 3 nitrogen and oxygen atoms in total. The number of nitrogens with zero attached hydrogens (tertiary/aromatic N) is 1. The van der Waals surface area contributed by atoms with Gasteiger partial charge < -0.3 is 10.1 Å². The van der Waals surface area contributed by atoms with E-state index in [0.29, 0.717) is 6.61 Å². The van der Waals surface area contributed by atoms with Crippen molar-refractivity contribution < 1.29 is 4.74 Å². The first-order valence-corrected chi connectivity index (χ1v) is 8.87. The molecule has 1 aliphatic heterocycles. The largest absolute Gasteiger partial charge is 0.371 e. The predicted molar refractivity (Wildman–Crippen MR) is 94.5 cm³/mol. The zero-order chi connectivity index (χ0) is 14.9. The summed E-state index contributed by atoms with van der Waals surface area (Å²) >= 11 is 5.17. The molecule has 0 aliphatic carbocycles. The van der Waals surface area contributed by atoms with Crippen LogP contribution in [0.5, 0.6) is 0 Å². The standard InChI is InChI=1S/C17H15BrN2OS/c18-13-5-6-15-16(8-13)22-17(20-15)19-9-14-7-11-3-1-2-4-12(11)10-21-14/h1-6,8,14H,7,9-10H2,(H,19,20). The molecule has 2 aromatic carbocycles. The third kappa shape index (κ3) is 2.89. The molecule has 1 aromatic heterocycles. The van der Waals surface area contributed by atoms with Crippen molar-refractivity contribution in [2.24, 2.45) is 0 Å². The fourth-order valence-electron chi connectivity index (χ4n) is 2.72. The number of hydrogen-bond donors (Lipinski definition) is 1. The van der Waals surface area contributed by atoms with Gasteiger partial charge in [-0.1, -0.05) is 51.5 Å². The average molecular weight is 375 g/mol. The van der Waals surface area contributed by atoms with E-state index in [1.54, 1.807) is 11.3 Å². The Morgan fingerprint density at radius 1 is 1.23 bits per heavy atom. The van der Waals surface area contributed by atoms with Gasteiger partial charge in [0.25, 0.3) is 0 Å². The van der Waals surface area contributed by atoms with Gasteiger partial charge in [-0.3, -0.25) is 0 Å². The maximum Gasteiger partial charge on any atom is 0.183 e. The second-order valence-electron chi connectivity index (χ2n) is 5.42. The molecule has 4 rings (SSSR count). The minimum Gasteiger partial charge on any atom is -0.371 e. The minimum absolute atomic E-state index is 0.202. The number of nitrogens with one attached hydrogen (secondary N) is 1. The van der Waals surface area contributed by atoms with Gasteiger partial charge in [0.15, 0.2) is 5.13 Å². The molecule has 5 heteroatoms. The summed E-state index contributed by atoms with van der Waals surface area (Å²) in [5, 5.41) is 4.38. The Hall–Kier alpha value is -1.43. The first-order chi connectivity index (χ1) is 10.8. The summed E-state index contributed by atoms with van der Waals surface area (Å²) in [7, 11) is 0. The molecule has 0 saturated carbocycles. The highest BCUT2D eigenvalue weighted by Gasteiger charge is 2.18. The molecule has 2 heterocycles. The molecule has 0 bridgehead atoms. The Morgan fingerprint density at radius 3 is 3.00 bits per heavy atom. The van der Waals surface area contributed by atoms with Gasteiger partial charge in [0.1, 0.15) is 0 Å². The van der Waals surface area contributed by atoms with Gasteiger partial charge in [-0.25, -0.2) is 4.98 Å². The summed E-state index contributed by atoms with van der Waals surface area (Å²) in [6.45, 7) is 1.49. The molecule has 0 fully saturated rings. The van der Waals surface area contributed by atoms with Crippen molar-refractivity contribution in [3.8, 4) is 0 Å². The summed E-state index contributed by atoms with van der Waals surface area (Å²) in [4.78, 5) is 4.61. The Morgan fingerprint density at radius 2 is 2.09 bits per heavy atom. The van der Waals surface area contributed by atoms with Crippen molar-refractivity contribution in [1.82, 2.24) is 4.98 Å². The van der Waals surface area contributed by atoms with Gasteiger partial charge in [0.05, 0.1) is 22.9 Å². The first-order valence-electron chi connectivity index (χ1n) is 7.26. The van der Waals surface area contributed by atoms with E-state index in [1.165, 1.54) is 15.8 Å². The topological polar surface area (TPSA) is 34.2 Å². The number of aromatic nitrogens is 1. The molecule has 0 spiro atoms. The van der Waals surface area contributed by atoms with E-state index < -0.39 is 0 Å². The van der Waals surface area contributed by atoms with Crippen molar-refractivity contribution in [3.63, 3.8) is 0 Å². The summed E-state index contributed by atoms with van der Waals surface area (Å²) in [5.74, 6) is 0. The average Bonchev–Trinajstić information content (AvgIpc) is 2.94. The normalized spacial score (nSPS) is 17.4. The summed E-state index contributed by atoms with van der Waals surface area (Å²) < 4.78 is 8.20. The number of anilines is 1. The number of rotatable bonds is 3. The maximum atomic E-state index is 5.93. The smallest absolute Gasteiger partial charge is 0.183 e. The van der Waals surface area contributed by atoms with Crippen LogP contribution in [0.25, 0.3) is 10.2 Å². The van der Waals surface area contributed by atoms with Crippen LogP contribution in [0.1, 0.15) is 11.1 Å². The quantitative estimate of drug-likeness (QED) is 0.726. The van der Waals surface area contributed by atoms with E-state index in [2.05, 4.69) is 56.6 Å². The highest BCUT2D eigenvalue weighted by molar-refractivity contribution is 9.10.